The van der Waals surface area contributed by atoms with Crippen LogP contribution in [0.5, 0.6) is 6.01 Å². The summed E-state index contributed by atoms with van der Waals surface area (Å²) in [6, 6.07) is 5.67. The monoisotopic (exact) mass is 443 g/mol. The van der Waals surface area contributed by atoms with E-state index >= 15 is 0 Å². The van der Waals surface area contributed by atoms with Crippen molar-refractivity contribution in [3.63, 3.8) is 0 Å². The summed E-state index contributed by atoms with van der Waals surface area (Å²) in [5.41, 5.74) is 0.476. The van der Waals surface area contributed by atoms with Crippen molar-refractivity contribution < 1.29 is 9.53 Å². The van der Waals surface area contributed by atoms with E-state index in [9.17, 15) is 4.79 Å². The summed E-state index contributed by atoms with van der Waals surface area (Å²) in [4.78, 5) is 20.5. The van der Waals surface area contributed by atoms with Gasteiger partial charge in [-0.15, -0.1) is 0 Å². The van der Waals surface area contributed by atoms with Crippen LogP contribution in [0.25, 0.3) is 0 Å². The minimum atomic E-state index is -0.156. The van der Waals surface area contributed by atoms with Gasteiger partial charge in [0.2, 0.25) is 0 Å². The molecule has 5 nitrogen and oxygen atoms in total. The fourth-order valence-corrected chi connectivity index (χ4v) is 3.43. The van der Waals surface area contributed by atoms with Crippen LogP contribution in [0.15, 0.2) is 35.1 Å². The lowest BCUT2D eigenvalue weighted by Crippen LogP contribution is -2.39. The van der Waals surface area contributed by atoms with Crippen LogP contribution >= 0.6 is 39.1 Å². The first-order chi connectivity index (χ1) is 12.0. The number of nitrogens with zero attached hydrogens (tertiary/aromatic N) is 2. The largest absolute Gasteiger partial charge is 0.460 e. The summed E-state index contributed by atoms with van der Waals surface area (Å²) in [7, 11) is 0. The van der Waals surface area contributed by atoms with Gasteiger partial charge in [0.25, 0.3) is 5.91 Å². The number of halogens is 3. The van der Waals surface area contributed by atoms with E-state index in [-0.39, 0.29) is 18.1 Å². The van der Waals surface area contributed by atoms with E-state index < -0.39 is 0 Å². The van der Waals surface area contributed by atoms with Gasteiger partial charge in [-0.2, -0.15) is 0 Å². The lowest BCUT2D eigenvalue weighted by molar-refractivity contribution is 0.0885. The molecule has 0 radical (unpaired) electrons. The third-order valence-corrected chi connectivity index (χ3v) is 5.07. The van der Waals surface area contributed by atoms with Crippen LogP contribution in [0.4, 0.5) is 0 Å². The molecule has 1 saturated carbocycles. The first-order valence-electron chi connectivity index (χ1n) is 7.91. The second-order valence-electron chi connectivity index (χ2n) is 5.87. The van der Waals surface area contributed by atoms with Crippen molar-refractivity contribution in [1.29, 1.82) is 0 Å². The van der Waals surface area contributed by atoms with Crippen LogP contribution in [-0.4, -0.2) is 28.0 Å². The first-order valence-corrected chi connectivity index (χ1v) is 9.46. The van der Waals surface area contributed by atoms with Crippen LogP contribution in [0.3, 0.4) is 0 Å². The average molecular weight is 445 g/mol. The van der Waals surface area contributed by atoms with Gasteiger partial charge in [-0.05, 0) is 43.9 Å². The molecule has 1 N–H and O–H groups in total. The summed E-state index contributed by atoms with van der Waals surface area (Å²) < 4.78 is 6.58. The predicted molar refractivity (Wildman–Crippen MR) is 100 cm³/mol. The minimum absolute atomic E-state index is 0.0452. The molecule has 0 unspecified atom stereocenters. The number of hydrogen-bond donors (Lipinski definition) is 1. The first kappa shape index (κ1) is 18.4. The topological polar surface area (TPSA) is 64.1 Å². The number of carbonyl (C=O) groups is 1. The molecule has 0 saturated heterocycles. The van der Waals surface area contributed by atoms with E-state index in [0.29, 0.717) is 21.6 Å². The van der Waals surface area contributed by atoms with Crippen molar-refractivity contribution in [3.05, 3.63) is 50.7 Å². The van der Waals surface area contributed by atoms with Crippen molar-refractivity contribution >= 4 is 45.0 Å². The molecule has 1 fully saturated rings. The zero-order valence-electron chi connectivity index (χ0n) is 13.2. The third-order valence-electron chi connectivity index (χ3n) is 4.05. The number of nitrogens with one attached hydrogen (secondary N) is 1. The van der Waals surface area contributed by atoms with Crippen LogP contribution in [0, 0.1) is 0 Å². The van der Waals surface area contributed by atoms with Crippen LogP contribution in [0.1, 0.15) is 36.0 Å². The molecule has 0 aliphatic heterocycles. The molecule has 3 rings (SSSR count). The van der Waals surface area contributed by atoms with E-state index in [2.05, 4.69) is 31.2 Å². The Morgan fingerprint density at radius 3 is 2.52 bits per heavy atom. The number of carbonyl (C=O) groups excluding carboxylic acids is 1. The van der Waals surface area contributed by atoms with Gasteiger partial charge in [0, 0.05) is 10.5 Å². The van der Waals surface area contributed by atoms with Gasteiger partial charge >= 0.3 is 6.01 Å². The van der Waals surface area contributed by atoms with Crippen LogP contribution < -0.4 is 10.1 Å². The van der Waals surface area contributed by atoms with E-state index in [4.69, 9.17) is 27.9 Å². The Morgan fingerprint density at radius 2 is 1.84 bits per heavy atom. The molecule has 1 aliphatic rings. The normalized spacial score (nSPS) is 20.1. The maximum atomic E-state index is 12.4. The molecule has 1 aromatic carbocycles. The molecule has 1 amide bonds. The maximum absolute atomic E-state index is 12.4. The molecule has 2 aromatic rings. The van der Waals surface area contributed by atoms with E-state index in [1.807, 2.05) is 0 Å². The Morgan fingerprint density at radius 1 is 1.16 bits per heavy atom. The van der Waals surface area contributed by atoms with Crippen molar-refractivity contribution in [2.24, 2.45) is 0 Å². The zero-order valence-corrected chi connectivity index (χ0v) is 16.3. The smallest absolute Gasteiger partial charge is 0.316 e. The SMILES string of the molecule is O=C(NC1CCC(Oc2ncc(Cl)cn2)CC1)c1cc(Br)ccc1Cl. The highest BCUT2D eigenvalue weighted by atomic mass is 79.9. The van der Waals surface area contributed by atoms with E-state index in [0.717, 1.165) is 30.2 Å². The second kappa shape index (κ2) is 8.34. The van der Waals surface area contributed by atoms with E-state index in [1.165, 1.54) is 12.4 Å². The quantitative estimate of drug-likeness (QED) is 0.744. The Bertz CT molecular complexity index is 750. The van der Waals surface area contributed by atoms with Crippen LogP contribution in [-0.2, 0) is 0 Å². The van der Waals surface area contributed by atoms with Gasteiger partial charge in [-0.1, -0.05) is 39.1 Å². The van der Waals surface area contributed by atoms with Gasteiger partial charge in [0.15, 0.2) is 0 Å². The summed E-state index contributed by atoms with van der Waals surface area (Å²) in [5.74, 6) is -0.156. The number of ether oxygens (including phenoxy) is 1. The van der Waals surface area contributed by atoms with Crippen molar-refractivity contribution in [3.8, 4) is 6.01 Å². The molecule has 1 heterocycles. The highest BCUT2D eigenvalue weighted by Gasteiger charge is 2.25. The Kier molecular flexibility index (Phi) is 6.15. The lowest BCUT2D eigenvalue weighted by Gasteiger charge is -2.29. The zero-order chi connectivity index (χ0) is 17.8. The molecule has 0 bridgehead atoms. The van der Waals surface area contributed by atoms with E-state index in [1.54, 1.807) is 18.2 Å². The molecular weight excluding hydrogens is 429 g/mol. The summed E-state index contributed by atoms with van der Waals surface area (Å²) in [5, 5.41) is 3.97. The molecule has 132 valence electrons. The number of benzene rings is 1. The molecule has 1 aliphatic carbocycles. The molecule has 1 aromatic heterocycles. The highest BCUT2D eigenvalue weighted by Crippen LogP contribution is 2.24. The molecule has 25 heavy (non-hydrogen) atoms. The molecule has 0 atom stereocenters. The fraction of sp³-hybridized carbons (Fsp3) is 0.353. The number of rotatable bonds is 4. The maximum Gasteiger partial charge on any atom is 0.316 e. The minimum Gasteiger partial charge on any atom is -0.460 e. The summed E-state index contributed by atoms with van der Waals surface area (Å²) >= 11 is 15.2. The molecular formula is C17H16BrCl2N3O2. The van der Waals surface area contributed by atoms with Crippen molar-refractivity contribution in [2.75, 3.05) is 0 Å². The predicted octanol–water partition coefficient (Wildman–Crippen LogP) is 4.67. The van der Waals surface area contributed by atoms with Gasteiger partial charge in [0.05, 0.1) is 28.0 Å². The van der Waals surface area contributed by atoms with Gasteiger partial charge in [0.1, 0.15) is 6.10 Å². The number of aromatic nitrogens is 2. The second-order valence-corrected chi connectivity index (χ2v) is 7.63. The average Bonchev–Trinajstić information content (AvgIpc) is 2.60. The van der Waals surface area contributed by atoms with Gasteiger partial charge in [-0.25, -0.2) is 9.97 Å². The summed E-state index contributed by atoms with van der Waals surface area (Å²) in [6.07, 6.45) is 6.37. The molecule has 0 spiro atoms. The van der Waals surface area contributed by atoms with Crippen molar-refractivity contribution in [1.82, 2.24) is 15.3 Å². The Hall–Kier alpha value is -1.37. The van der Waals surface area contributed by atoms with Crippen molar-refractivity contribution in [2.45, 2.75) is 37.8 Å². The fourth-order valence-electron chi connectivity index (χ4n) is 2.77. The standard InChI is InChI=1S/C17H16BrCl2N3O2/c18-10-1-6-15(20)14(7-10)16(24)23-12-2-4-13(5-3-12)25-17-21-8-11(19)9-22-17/h1,6-9,12-13H,2-5H2,(H,23,24). The third kappa shape index (κ3) is 5.06. The lowest BCUT2D eigenvalue weighted by atomic mass is 9.92. The van der Waals surface area contributed by atoms with Crippen LogP contribution in [0.2, 0.25) is 10.0 Å². The number of hydrogen-bond acceptors (Lipinski definition) is 4. The highest BCUT2D eigenvalue weighted by molar-refractivity contribution is 9.10. The summed E-state index contributed by atoms with van der Waals surface area (Å²) in [6.45, 7) is 0. The van der Waals surface area contributed by atoms with Gasteiger partial charge in [-0.3, -0.25) is 4.79 Å². The molecule has 8 heteroatoms. The Labute approximate surface area is 164 Å². The Balaban J connectivity index is 1.51. The van der Waals surface area contributed by atoms with Gasteiger partial charge < -0.3 is 10.1 Å². The number of amides is 1.